The van der Waals surface area contributed by atoms with Gasteiger partial charge in [0.2, 0.25) is 5.91 Å². The van der Waals surface area contributed by atoms with Gasteiger partial charge < -0.3 is 15.0 Å². The number of carbonyl (C=O) groups is 1. The number of H-pyrrole nitrogens is 1. The lowest BCUT2D eigenvalue weighted by Gasteiger charge is -2.21. The summed E-state index contributed by atoms with van der Waals surface area (Å²) < 4.78 is 5.29. The van der Waals surface area contributed by atoms with Crippen LogP contribution in [0.25, 0.3) is 0 Å². The van der Waals surface area contributed by atoms with Crippen LogP contribution in [0.15, 0.2) is 30.6 Å². The quantitative estimate of drug-likeness (QED) is 0.900. The highest BCUT2D eigenvalue weighted by Crippen LogP contribution is 2.23. The van der Waals surface area contributed by atoms with E-state index in [0.29, 0.717) is 6.54 Å². The molecule has 5 heteroatoms. The zero-order valence-electron chi connectivity index (χ0n) is 12.1. The third-order valence-corrected chi connectivity index (χ3v) is 4.00. The number of aromatic amines is 1. The first-order chi connectivity index (χ1) is 10.3. The van der Waals surface area contributed by atoms with E-state index >= 15 is 0 Å². The van der Waals surface area contributed by atoms with Gasteiger partial charge in [0, 0.05) is 30.1 Å². The molecule has 3 rings (SSSR count). The van der Waals surface area contributed by atoms with E-state index in [9.17, 15) is 4.79 Å². The average Bonchev–Trinajstić information content (AvgIpc) is 3.00. The number of nitrogens with zero attached hydrogens (tertiary/aromatic N) is 1. The molecule has 0 saturated carbocycles. The van der Waals surface area contributed by atoms with Gasteiger partial charge in [-0.1, -0.05) is 18.2 Å². The van der Waals surface area contributed by atoms with Crippen molar-refractivity contribution in [3.05, 3.63) is 47.5 Å². The molecule has 1 aliphatic carbocycles. The largest absolute Gasteiger partial charge is 0.496 e. The van der Waals surface area contributed by atoms with E-state index in [1.807, 2.05) is 24.3 Å². The standard InChI is InChI=1S/C16H19N3O2/c1-21-15-5-3-2-4-12(15)9-17-16(20)11-6-7-13-14(8-11)19-10-18-13/h2-5,10-11H,6-9H2,1H3,(H,17,20)(H,18,19). The summed E-state index contributed by atoms with van der Waals surface area (Å²) in [5.41, 5.74) is 3.19. The first kappa shape index (κ1) is 13.7. The number of amides is 1. The zero-order chi connectivity index (χ0) is 14.7. The van der Waals surface area contributed by atoms with E-state index < -0.39 is 0 Å². The summed E-state index contributed by atoms with van der Waals surface area (Å²) in [6.07, 6.45) is 4.17. The van der Waals surface area contributed by atoms with Gasteiger partial charge in [0.05, 0.1) is 19.1 Å². The molecule has 0 fully saturated rings. The van der Waals surface area contributed by atoms with Crippen molar-refractivity contribution in [2.75, 3.05) is 7.11 Å². The summed E-state index contributed by atoms with van der Waals surface area (Å²) in [4.78, 5) is 19.7. The topological polar surface area (TPSA) is 67.0 Å². The Kier molecular flexibility index (Phi) is 3.90. The van der Waals surface area contributed by atoms with Gasteiger partial charge in [0.25, 0.3) is 0 Å². The van der Waals surface area contributed by atoms with Gasteiger partial charge in [0.15, 0.2) is 0 Å². The molecule has 1 unspecified atom stereocenters. The molecule has 1 atom stereocenters. The Hall–Kier alpha value is -2.30. The summed E-state index contributed by atoms with van der Waals surface area (Å²) >= 11 is 0. The Morgan fingerprint density at radius 2 is 2.33 bits per heavy atom. The molecule has 0 bridgehead atoms. The van der Waals surface area contributed by atoms with Gasteiger partial charge in [-0.3, -0.25) is 4.79 Å². The van der Waals surface area contributed by atoms with Crippen LogP contribution < -0.4 is 10.1 Å². The molecule has 110 valence electrons. The number of rotatable bonds is 4. The fraction of sp³-hybridized carbons (Fsp3) is 0.375. The third kappa shape index (κ3) is 2.91. The molecule has 0 aliphatic heterocycles. The number of carbonyl (C=O) groups excluding carboxylic acids is 1. The van der Waals surface area contributed by atoms with Crippen LogP contribution in [-0.4, -0.2) is 23.0 Å². The minimum absolute atomic E-state index is 0.0210. The second-order valence-corrected chi connectivity index (χ2v) is 5.30. The lowest BCUT2D eigenvalue weighted by Crippen LogP contribution is -2.33. The van der Waals surface area contributed by atoms with Crippen LogP contribution in [-0.2, 0) is 24.2 Å². The fourth-order valence-corrected chi connectivity index (χ4v) is 2.80. The molecule has 2 aromatic rings. The van der Waals surface area contributed by atoms with E-state index in [1.54, 1.807) is 13.4 Å². The lowest BCUT2D eigenvalue weighted by molar-refractivity contribution is -0.125. The van der Waals surface area contributed by atoms with Crippen molar-refractivity contribution < 1.29 is 9.53 Å². The number of benzene rings is 1. The van der Waals surface area contributed by atoms with Crippen molar-refractivity contribution in [1.82, 2.24) is 15.3 Å². The smallest absolute Gasteiger partial charge is 0.223 e. The number of nitrogens with one attached hydrogen (secondary N) is 2. The number of aryl methyl sites for hydroxylation is 1. The second-order valence-electron chi connectivity index (χ2n) is 5.30. The van der Waals surface area contributed by atoms with E-state index in [-0.39, 0.29) is 11.8 Å². The van der Waals surface area contributed by atoms with Crippen LogP contribution in [0, 0.1) is 5.92 Å². The molecule has 21 heavy (non-hydrogen) atoms. The second kappa shape index (κ2) is 5.99. The maximum atomic E-state index is 12.3. The van der Waals surface area contributed by atoms with E-state index in [4.69, 9.17) is 4.74 Å². The van der Waals surface area contributed by atoms with Crippen LogP contribution in [0.2, 0.25) is 0 Å². The number of fused-ring (bicyclic) bond motifs is 1. The molecule has 1 heterocycles. The Labute approximate surface area is 123 Å². The fourth-order valence-electron chi connectivity index (χ4n) is 2.80. The van der Waals surface area contributed by atoms with E-state index in [2.05, 4.69) is 15.3 Å². The number of hydrogen-bond donors (Lipinski definition) is 2. The Balaban J connectivity index is 1.60. The summed E-state index contributed by atoms with van der Waals surface area (Å²) in [6.45, 7) is 0.495. The van der Waals surface area contributed by atoms with E-state index in [1.165, 1.54) is 0 Å². The number of ether oxygens (including phenoxy) is 1. The van der Waals surface area contributed by atoms with Gasteiger partial charge in [-0.2, -0.15) is 0 Å². The SMILES string of the molecule is COc1ccccc1CNC(=O)C1CCc2nc[nH]c2C1. The summed E-state index contributed by atoms with van der Waals surface area (Å²) in [5.74, 6) is 0.922. The molecule has 2 N–H and O–H groups in total. The maximum absolute atomic E-state index is 12.3. The molecule has 1 amide bonds. The molecule has 1 aliphatic rings. The molecular formula is C16H19N3O2. The predicted octanol–water partition coefficient (Wildman–Crippen LogP) is 1.84. The minimum Gasteiger partial charge on any atom is -0.496 e. The first-order valence-electron chi connectivity index (χ1n) is 7.18. The number of hydrogen-bond acceptors (Lipinski definition) is 3. The van der Waals surface area contributed by atoms with Crippen LogP contribution in [0.5, 0.6) is 5.75 Å². The van der Waals surface area contributed by atoms with Gasteiger partial charge in [-0.15, -0.1) is 0 Å². The third-order valence-electron chi connectivity index (χ3n) is 4.00. The van der Waals surface area contributed by atoms with Crippen molar-refractivity contribution in [2.24, 2.45) is 5.92 Å². The van der Waals surface area contributed by atoms with Crippen molar-refractivity contribution in [3.63, 3.8) is 0 Å². The molecule has 0 radical (unpaired) electrons. The van der Waals surface area contributed by atoms with Crippen LogP contribution in [0.1, 0.15) is 23.4 Å². The Bertz CT molecular complexity index is 636. The number of para-hydroxylation sites is 1. The van der Waals surface area contributed by atoms with Crippen LogP contribution in [0.3, 0.4) is 0 Å². The molecule has 5 nitrogen and oxygen atoms in total. The maximum Gasteiger partial charge on any atom is 0.223 e. The average molecular weight is 285 g/mol. The van der Waals surface area contributed by atoms with Crippen molar-refractivity contribution in [3.8, 4) is 5.75 Å². The van der Waals surface area contributed by atoms with Crippen molar-refractivity contribution >= 4 is 5.91 Å². The van der Waals surface area contributed by atoms with Crippen molar-refractivity contribution in [1.29, 1.82) is 0 Å². The number of aromatic nitrogens is 2. The van der Waals surface area contributed by atoms with E-state index in [0.717, 1.165) is 42.0 Å². The highest BCUT2D eigenvalue weighted by atomic mass is 16.5. The van der Waals surface area contributed by atoms with Gasteiger partial charge >= 0.3 is 0 Å². The molecule has 1 aromatic heterocycles. The molecule has 0 saturated heterocycles. The summed E-state index contributed by atoms with van der Waals surface area (Å²) in [7, 11) is 1.64. The first-order valence-corrected chi connectivity index (χ1v) is 7.18. The van der Waals surface area contributed by atoms with Gasteiger partial charge in [-0.05, 0) is 18.9 Å². The monoisotopic (exact) mass is 285 g/mol. The number of methoxy groups -OCH3 is 1. The highest BCUT2D eigenvalue weighted by Gasteiger charge is 2.26. The lowest BCUT2D eigenvalue weighted by atomic mass is 9.89. The minimum atomic E-state index is 0.0210. The molecular weight excluding hydrogens is 266 g/mol. The summed E-state index contributed by atoms with van der Waals surface area (Å²) in [6, 6.07) is 7.73. The molecule has 0 spiro atoms. The van der Waals surface area contributed by atoms with Crippen molar-refractivity contribution in [2.45, 2.75) is 25.8 Å². The van der Waals surface area contributed by atoms with Gasteiger partial charge in [0.1, 0.15) is 5.75 Å². The Morgan fingerprint density at radius 1 is 1.48 bits per heavy atom. The summed E-state index contributed by atoms with van der Waals surface area (Å²) in [5, 5.41) is 3.01. The zero-order valence-corrected chi connectivity index (χ0v) is 12.1. The van der Waals surface area contributed by atoms with Crippen LogP contribution in [0.4, 0.5) is 0 Å². The highest BCUT2D eigenvalue weighted by molar-refractivity contribution is 5.79. The van der Waals surface area contributed by atoms with Crippen LogP contribution >= 0.6 is 0 Å². The number of imidazole rings is 1. The normalized spacial score (nSPS) is 17.1. The Morgan fingerprint density at radius 3 is 3.19 bits per heavy atom. The predicted molar refractivity (Wildman–Crippen MR) is 78.9 cm³/mol. The van der Waals surface area contributed by atoms with Gasteiger partial charge in [-0.25, -0.2) is 4.98 Å². The molecule has 1 aromatic carbocycles.